The number of halogens is 3. The standard InChI is InChI=1S/C36H40F3N7O2.H2/c1-23-27(26-10-8-24(9-11-26)25-12-16-44(17-13-25)18-19-48-2)20-29(36(37,38)39)28-21-46(43-32(23)28)34(33-30-6-5-15-45(30)22-41-33)35(47)42-31-7-3-4-14-40-31;/h4,8-11,14,20-22,25,34H,3,5-7,12-13,15-19H2,1-2H3,(H,40,42,47);1H. The summed E-state index contributed by atoms with van der Waals surface area (Å²) in [6.07, 6.45) is 6.96. The number of nitrogens with zero attached hydrogens (tertiary/aromatic N) is 6. The number of alkyl halides is 3. The lowest BCUT2D eigenvalue weighted by molar-refractivity contribution is -0.136. The number of imidazole rings is 1. The summed E-state index contributed by atoms with van der Waals surface area (Å²) in [5.41, 5.74) is 3.79. The van der Waals surface area contributed by atoms with Crippen LogP contribution >= 0.6 is 0 Å². The molecule has 9 nitrogen and oxygen atoms in total. The second kappa shape index (κ2) is 13.3. The first-order valence-electron chi connectivity index (χ1n) is 16.7. The van der Waals surface area contributed by atoms with Crippen molar-refractivity contribution in [3.8, 4) is 11.1 Å². The SMILES string of the molecule is COCCN1CCC(c2ccc(-c3cc(C(F)(F)F)c4cn(C(C(=O)NC5=NC=CCC5)c5ncn6c5CCC6)nc4c3C)cc2)CC1.[HH]. The van der Waals surface area contributed by atoms with E-state index in [1.165, 1.54) is 22.5 Å². The number of nitrogens with one attached hydrogen (secondary N) is 1. The molecule has 48 heavy (non-hydrogen) atoms. The number of allylic oxidation sites excluding steroid dienone is 1. The molecule has 1 fully saturated rings. The number of aryl methyl sites for hydroxylation is 2. The Morgan fingerprint density at radius 3 is 2.65 bits per heavy atom. The van der Waals surface area contributed by atoms with Crippen LogP contribution in [0.15, 0.2) is 60.1 Å². The van der Waals surface area contributed by atoms with Crippen LogP contribution in [0.3, 0.4) is 0 Å². The van der Waals surface area contributed by atoms with Crippen molar-refractivity contribution in [3.63, 3.8) is 0 Å². The van der Waals surface area contributed by atoms with Gasteiger partial charge in [-0.3, -0.25) is 9.48 Å². The van der Waals surface area contributed by atoms with Gasteiger partial charge in [-0.1, -0.05) is 30.3 Å². The number of piperidine rings is 1. The zero-order chi connectivity index (χ0) is 33.4. The smallest absolute Gasteiger partial charge is 0.383 e. The number of carbonyl (C=O) groups excluding carboxylic acids is 1. The summed E-state index contributed by atoms with van der Waals surface area (Å²) in [4.78, 5) is 25.2. The van der Waals surface area contributed by atoms with Crippen LogP contribution < -0.4 is 5.32 Å². The number of hydrogen-bond acceptors (Lipinski definition) is 6. The zero-order valence-electron chi connectivity index (χ0n) is 27.3. The van der Waals surface area contributed by atoms with E-state index in [0.717, 1.165) is 64.0 Å². The van der Waals surface area contributed by atoms with Crippen LogP contribution in [0.5, 0.6) is 0 Å². The van der Waals surface area contributed by atoms with Crippen molar-refractivity contribution >= 4 is 22.6 Å². The highest BCUT2D eigenvalue weighted by molar-refractivity contribution is 6.01. The van der Waals surface area contributed by atoms with Crippen molar-refractivity contribution in [1.82, 2.24) is 29.5 Å². The molecule has 1 saturated heterocycles. The maximum atomic E-state index is 14.7. The minimum Gasteiger partial charge on any atom is -0.383 e. The van der Waals surface area contributed by atoms with Crippen molar-refractivity contribution in [2.45, 2.75) is 70.1 Å². The quantitative estimate of drug-likeness (QED) is 0.228. The molecule has 7 rings (SSSR count). The highest BCUT2D eigenvalue weighted by Crippen LogP contribution is 2.41. The van der Waals surface area contributed by atoms with E-state index in [-0.39, 0.29) is 12.3 Å². The van der Waals surface area contributed by atoms with Crippen molar-refractivity contribution in [2.24, 2.45) is 4.99 Å². The van der Waals surface area contributed by atoms with E-state index in [4.69, 9.17) is 9.84 Å². The minimum absolute atomic E-state index is 0. The predicted molar refractivity (Wildman–Crippen MR) is 180 cm³/mol. The van der Waals surface area contributed by atoms with Crippen LogP contribution in [0.4, 0.5) is 13.2 Å². The number of ether oxygens (including phenoxy) is 1. The first-order valence-corrected chi connectivity index (χ1v) is 16.7. The van der Waals surface area contributed by atoms with Crippen LogP contribution in [-0.4, -0.2) is 69.3 Å². The highest BCUT2D eigenvalue weighted by atomic mass is 19.4. The van der Waals surface area contributed by atoms with Gasteiger partial charge in [0, 0.05) is 51.5 Å². The Balaban J connectivity index is 0.00000417. The molecule has 3 aliphatic rings. The molecule has 4 aromatic rings. The van der Waals surface area contributed by atoms with Crippen molar-refractivity contribution in [1.29, 1.82) is 0 Å². The molecule has 0 bridgehead atoms. The largest absolute Gasteiger partial charge is 0.417 e. The lowest BCUT2D eigenvalue weighted by atomic mass is 9.87. The van der Waals surface area contributed by atoms with E-state index >= 15 is 0 Å². The number of carbonyl (C=O) groups is 1. The maximum Gasteiger partial charge on any atom is 0.417 e. The highest BCUT2D eigenvalue weighted by Gasteiger charge is 2.37. The number of amidine groups is 1. The summed E-state index contributed by atoms with van der Waals surface area (Å²) in [5.74, 6) is 0.484. The molecular weight excluding hydrogens is 619 g/mol. The number of methoxy groups -OCH3 is 1. The van der Waals surface area contributed by atoms with Gasteiger partial charge >= 0.3 is 6.18 Å². The second-order valence-electron chi connectivity index (χ2n) is 13.0. The number of amides is 1. The van der Waals surface area contributed by atoms with Gasteiger partial charge in [0.1, 0.15) is 5.84 Å². The van der Waals surface area contributed by atoms with Gasteiger partial charge in [-0.05, 0) is 86.4 Å². The topological polar surface area (TPSA) is 89.6 Å². The molecule has 0 aliphatic carbocycles. The van der Waals surface area contributed by atoms with Crippen LogP contribution in [-0.2, 0) is 28.7 Å². The molecule has 1 atom stereocenters. The summed E-state index contributed by atoms with van der Waals surface area (Å²) in [6, 6.07) is 8.08. The average Bonchev–Trinajstić information content (AvgIpc) is 3.83. The molecule has 254 valence electrons. The van der Waals surface area contributed by atoms with Crippen LogP contribution in [0.2, 0.25) is 0 Å². The number of benzene rings is 2. The van der Waals surface area contributed by atoms with E-state index < -0.39 is 23.7 Å². The molecule has 1 amide bonds. The molecule has 0 saturated carbocycles. The minimum atomic E-state index is -4.64. The third-order valence-electron chi connectivity index (χ3n) is 9.98. The molecule has 0 spiro atoms. The lowest BCUT2D eigenvalue weighted by Gasteiger charge is -2.32. The van der Waals surface area contributed by atoms with Gasteiger partial charge in [0.05, 0.1) is 29.7 Å². The van der Waals surface area contributed by atoms with Gasteiger partial charge < -0.3 is 19.5 Å². The Morgan fingerprint density at radius 1 is 1.15 bits per heavy atom. The van der Waals surface area contributed by atoms with Crippen molar-refractivity contribution in [3.05, 3.63) is 83.2 Å². The monoisotopic (exact) mass is 661 g/mol. The third kappa shape index (κ3) is 6.30. The van der Waals surface area contributed by atoms with Gasteiger partial charge in [-0.25, -0.2) is 9.98 Å². The number of hydrogen-bond donors (Lipinski definition) is 1. The Bertz CT molecular complexity index is 1870. The second-order valence-corrected chi connectivity index (χ2v) is 13.0. The molecule has 5 heterocycles. The Morgan fingerprint density at radius 2 is 1.94 bits per heavy atom. The van der Waals surface area contributed by atoms with E-state index in [9.17, 15) is 18.0 Å². The number of fused-ring (bicyclic) bond motifs is 2. The van der Waals surface area contributed by atoms with Crippen molar-refractivity contribution < 1.29 is 24.1 Å². The number of aliphatic imine (C=N–C) groups is 1. The van der Waals surface area contributed by atoms with Crippen LogP contribution in [0.1, 0.15) is 73.6 Å². The van der Waals surface area contributed by atoms with Crippen LogP contribution in [0.25, 0.3) is 22.0 Å². The summed E-state index contributed by atoms with van der Waals surface area (Å²) in [5, 5.41) is 7.58. The molecule has 0 radical (unpaired) electrons. The van der Waals surface area contributed by atoms with E-state index in [0.29, 0.717) is 47.2 Å². The molecule has 1 N–H and O–H groups in total. The molecule has 12 heteroatoms. The summed E-state index contributed by atoms with van der Waals surface area (Å²) >= 11 is 0. The molecule has 3 aliphatic heterocycles. The third-order valence-corrected chi connectivity index (χ3v) is 9.98. The van der Waals surface area contributed by atoms with Gasteiger partial charge in [0.25, 0.3) is 5.91 Å². The van der Waals surface area contributed by atoms with E-state index in [1.54, 1.807) is 26.6 Å². The van der Waals surface area contributed by atoms with Crippen LogP contribution in [0, 0.1) is 6.92 Å². The fourth-order valence-corrected chi connectivity index (χ4v) is 7.35. The Kier molecular flexibility index (Phi) is 8.95. The molecule has 2 aromatic heterocycles. The molecule has 2 aromatic carbocycles. The maximum absolute atomic E-state index is 14.7. The van der Waals surface area contributed by atoms with E-state index in [2.05, 4.69) is 20.2 Å². The number of rotatable bonds is 8. The fourth-order valence-electron chi connectivity index (χ4n) is 7.35. The number of aromatic nitrogens is 4. The Labute approximate surface area is 279 Å². The number of likely N-dealkylation sites (tertiary alicyclic amines) is 1. The zero-order valence-corrected chi connectivity index (χ0v) is 27.3. The van der Waals surface area contributed by atoms with E-state index in [1.807, 2.05) is 34.9 Å². The first kappa shape index (κ1) is 32.3. The first-order chi connectivity index (χ1) is 23.2. The van der Waals surface area contributed by atoms with Gasteiger partial charge in [-0.2, -0.15) is 18.3 Å². The fraction of sp³-hybridized carbons (Fsp3) is 0.444. The molecular formula is C36H42F3N7O2. The summed E-state index contributed by atoms with van der Waals surface area (Å²) in [6.45, 7) is 6.20. The summed E-state index contributed by atoms with van der Waals surface area (Å²) < 4.78 is 52.8. The predicted octanol–water partition coefficient (Wildman–Crippen LogP) is 6.66. The van der Waals surface area contributed by atoms with Gasteiger partial charge in [-0.15, -0.1) is 0 Å². The molecule has 1 unspecified atom stereocenters. The van der Waals surface area contributed by atoms with Gasteiger partial charge in [0.15, 0.2) is 6.04 Å². The summed E-state index contributed by atoms with van der Waals surface area (Å²) in [7, 11) is 1.71. The van der Waals surface area contributed by atoms with Gasteiger partial charge in [0.2, 0.25) is 0 Å². The lowest BCUT2D eigenvalue weighted by Crippen LogP contribution is -2.38. The van der Waals surface area contributed by atoms with Crippen molar-refractivity contribution in [2.75, 3.05) is 33.4 Å². The average molecular weight is 662 g/mol. The Hall–Kier alpha value is -4.29. The normalized spacial score (nSPS) is 17.9.